The van der Waals surface area contributed by atoms with Crippen molar-refractivity contribution < 1.29 is 13.2 Å². The van der Waals surface area contributed by atoms with Gasteiger partial charge in [-0.05, 0) is 44.5 Å². The molecule has 0 spiro atoms. The van der Waals surface area contributed by atoms with E-state index in [0.29, 0.717) is 16.9 Å². The lowest BCUT2D eigenvalue weighted by Gasteiger charge is -2.21. The quantitative estimate of drug-likeness (QED) is 0.613. The van der Waals surface area contributed by atoms with Gasteiger partial charge in [-0.15, -0.1) is 0 Å². The summed E-state index contributed by atoms with van der Waals surface area (Å²) >= 11 is 0. The first-order chi connectivity index (χ1) is 13.2. The number of aromatic amines is 1. The van der Waals surface area contributed by atoms with Crippen LogP contribution in [0, 0.1) is 0 Å². The fourth-order valence-electron chi connectivity index (χ4n) is 2.71. The Morgan fingerprint density at radius 3 is 2.32 bits per heavy atom. The molecule has 8 heteroatoms. The van der Waals surface area contributed by atoms with Crippen LogP contribution in [0.4, 0.5) is 5.69 Å². The molecule has 0 aliphatic rings. The third-order valence-corrected chi connectivity index (χ3v) is 5.63. The lowest BCUT2D eigenvalue weighted by Crippen LogP contribution is -2.40. The van der Waals surface area contributed by atoms with Crippen molar-refractivity contribution in [2.24, 2.45) is 0 Å². The minimum atomic E-state index is -3.69. The van der Waals surface area contributed by atoms with Gasteiger partial charge in [0, 0.05) is 16.8 Å². The zero-order chi connectivity index (χ0) is 20.4. The van der Waals surface area contributed by atoms with E-state index in [1.165, 1.54) is 12.5 Å². The summed E-state index contributed by atoms with van der Waals surface area (Å²) < 4.78 is 28.3. The van der Waals surface area contributed by atoms with E-state index in [9.17, 15) is 13.2 Å². The third-order valence-electron chi connectivity index (χ3n) is 3.81. The van der Waals surface area contributed by atoms with Crippen molar-refractivity contribution in [3.05, 3.63) is 66.7 Å². The van der Waals surface area contributed by atoms with Crippen LogP contribution < -0.4 is 10.0 Å². The van der Waals surface area contributed by atoms with Crippen LogP contribution in [0.25, 0.3) is 11.1 Å². The van der Waals surface area contributed by atoms with Crippen LogP contribution in [0.1, 0.15) is 31.3 Å². The Morgan fingerprint density at radius 2 is 1.71 bits per heavy atom. The largest absolute Gasteiger partial charge is 0.341 e. The summed E-state index contributed by atoms with van der Waals surface area (Å²) in [6, 6.07) is 13.8. The van der Waals surface area contributed by atoms with Gasteiger partial charge in [0.2, 0.25) is 10.0 Å². The van der Waals surface area contributed by atoms with Crippen molar-refractivity contribution in [1.29, 1.82) is 0 Å². The smallest absolute Gasteiger partial charge is 0.273 e. The fourth-order valence-corrected chi connectivity index (χ4v) is 4.36. The van der Waals surface area contributed by atoms with Crippen LogP contribution in [0.2, 0.25) is 0 Å². The van der Waals surface area contributed by atoms with E-state index in [0.717, 1.165) is 5.56 Å². The molecule has 28 heavy (non-hydrogen) atoms. The zero-order valence-corrected chi connectivity index (χ0v) is 16.7. The topological polar surface area (TPSA) is 104 Å². The number of nitrogens with one attached hydrogen (secondary N) is 3. The molecule has 3 N–H and O–H groups in total. The Labute approximate surface area is 164 Å². The highest BCUT2D eigenvalue weighted by atomic mass is 32.2. The Hall–Kier alpha value is -2.97. The molecule has 0 atom stereocenters. The molecule has 0 saturated heterocycles. The average Bonchev–Trinajstić information content (AvgIpc) is 3.15. The fraction of sp³-hybridized carbons (Fsp3) is 0.200. The van der Waals surface area contributed by atoms with Crippen LogP contribution in [0.15, 0.2) is 66.0 Å². The number of rotatable bonds is 5. The normalized spacial score (nSPS) is 12.0. The second-order valence-electron chi connectivity index (χ2n) is 7.35. The number of sulfonamides is 1. The molecule has 2 aromatic carbocycles. The average molecular weight is 398 g/mol. The second kappa shape index (κ2) is 7.57. The molecule has 0 bridgehead atoms. The maximum Gasteiger partial charge on any atom is 0.273 e. The minimum absolute atomic E-state index is 0.208. The minimum Gasteiger partial charge on any atom is -0.341 e. The summed E-state index contributed by atoms with van der Waals surface area (Å²) in [5.74, 6) is -0.303. The highest BCUT2D eigenvalue weighted by Gasteiger charge is 2.24. The van der Waals surface area contributed by atoms with Crippen molar-refractivity contribution >= 4 is 21.6 Å². The number of nitrogens with zero attached hydrogens (tertiary/aromatic N) is 1. The SMILES string of the molecule is CC(C)(C)NS(=O)(=O)c1ccccc1-c1ccc(NC(=O)c2cnc[nH]2)cc1. The molecule has 0 unspecified atom stereocenters. The number of aromatic nitrogens is 2. The van der Waals surface area contributed by atoms with Gasteiger partial charge in [-0.3, -0.25) is 4.79 Å². The molecule has 1 aromatic heterocycles. The van der Waals surface area contributed by atoms with E-state index < -0.39 is 15.6 Å². The first-order valence-corrected chi connectivity index (χ1v) is 10.2. The van der Waals surface area contributed by atoms with Crippen molar-refractivity contribution in [2.45, 2.75) is 31.2 Å². The maximum atomic E-state index is 12.8. The van der Waals surface area contributed by atoms with Gasteiger partial charge in [-0.1, -0.05) is 30.3 Å². The zero-order valence-electron chi connectivity index (χ0n) is 15.9. The van der Waals surface area contributed by atoms with Crippen LogP contribution in [0.3, 0.4) is 0 Å². The summed E-state index contributed by atoms with van der Waals surface area (Å²) in [7, 11) is -3.69. The van der Waals surface area contributed by atoms with Gasteiger partial charge in [-0.25, -0.2) is 18.1 Å². The van der Waals surface area contributed by atoms with Gasteiger partial charge >= 0.3 is 0 Å². The molecule has 0 aliphatic heterocycles. The van der Waals surface area contributed by atoms with E-state index in [2.05, 4.69) is 20.0 Å². The number of carbonyl (C=O) groups is 1. The first kappa shape index (κ1) is 19.8. The predicted octanol–water partition coefficient (Wildman–Crippen LogP) is 3.41. The molecule has 1 heterocycles. The van der Waals surface area contributed by atoms with E-state index >= 15 is 0 Å². The molecule has 7 nitrogen and oxygen atoms in total. The molecule has 1 amide bonds. The predicted molar refractivity (Wildman–Crippen MR) is 108 cm³/mol. The molecule has 146 valence electrons. The third kappa shape index (κ3) is 4.65. The highest BCUT2D eigenvalue weighted by Crippen LogP contribution is 2.29. The van der Waals surface area contributed by atoms with Gasteiger partial charge in [-0.2, -0.15) is 0 Å². The molecule has 0 fully saturated rings. The van der Waals surface area contributed by atoms with Gasteiger partial charge in [0.1, 0.15) is 5.69 Å². The molecule has 3 rings (SSSR count). The second-order valence-corrected chi connectivity index (χ2v) is 9.00. The maximum absolute atomic E-state index is 12.8. The van der Waals surface area contributed by atoms with Crippen molar-refractivity contribution in [3.8, 4) is 11.1 Å². The number of hydrogen-bond donors (Lipinski definition) is 3. The Morgan fingerprint density at radius 1 is 1.04 bits per heavy atom. The van der Waals surface area contributed by atoms with Crippen LogP contribution in [-0.4, -0.2) is 29.8 Å². The van der Waals surface area contributed by atoms with Crippen LogP contribution >= 0.6 is 0 Å². The Balaban J connectivity index is 1.88. The van der Waals surface area contributed by atoms with Crippen LogP contribution in [0.5, 0.6) is 0 Å². The standard InChI is InChI=1S/C20H22N4O3S/c1-20(2,3)24-28(26,27)18-7-5-4-6-16(18)14-8-10-15(11-9-14)23-19(25)17-12-21-13-22-17/h4-13,24H,1-3H3,(H,21,22)(H,23,25). The molecule has 0 saturated carbocycles. The lowest BCUT2D eigenvalue weighted by atomic mass is 10.1. The van der Waals surface area contributed by atoms with E-state index in [4.69, 9.17) is 0 Å². The van der Waals surface area contributed by atoms with Gasteiger partial charge < -0.3 is 10.3 Å². The summed E-state index contributed by atoms with van der Waals surface area (Å²) in [6.07, 6.45) is 2.87. The van der Waals surface area contributed by atoms with Crippen molar-refractivity contribution in [2.75, 3.05) is 5.32 Å². The summed E-state index contributed by atoms with van der Waals surface area (Å²) in [5.41, 5.74) is 1.68. The van der Waals surface area contributed by atoms with E-state index in [1.807, 2.05) is 0 Å². The summed E-state index contributed by atoms with van der Waals surface area (Å²) in [5, 5.41) is 2.76. The number of carbonyl (C=O) groups excluding carboxylic acids is 1. The molecule has 3 aromatic rings. The monoisotopic (exact) mass is 398 g/mol. The Bertz CT molecular complexity index is 1070. The number of benzene rings is 2. The number of anilines is 1. The summed E-state index contributed by atoms with van der Waals surface area (Å²) in [4.78, 5) is 18.8. The Kier molecular flexibility index (Phi) is 5.35. The van der Waals surface area contributed by atoms with Crippen LogP contribution in [-0.2, 0) is 10.0 Å². The molecule has 0 aliphatic carbocycles. The number of H-pyrrole nitrogens is 1. The van der Waals surface area contributed by atoms with Gasteiger partial charge in [0.05, 0.1) is 17.4 Å². The van der Waals surface area contributed by atoms with Crippen molar-refractivity contribution in [3.63, 3.8) is 0 Å². The van der Waals surface area contributed by atoms with E-state index in [-0.39, 0.29) is 10.8 Å². The summed E-state index contributed by atoms with van der Waals surface area (Å²) in [6.45, 7) is 5.39. The van der Waals surface area contributed by atoms with E-state index in [1.54, 1.807) is 69.3 Å². The highest BCUT2D eigenvalue weighted by molar-refractivity contribution is 7.89. The molecular formula is C20H22N4O3S. The number of amides is 1. The lowest BCUT2D eigenvalue weighted by molar-refractivity contribution is 0.102. The van der Waals surface area contributed by atoms with Gasteiger partial charge in [0.25, 0.3) is 5.91 Å². The number of hydrogen-bond acceptors (Lipinski definition) is 4. The molecular weight excluding hydrogens is 376 g/mol. The van der Waals surface area contributed by atoms with Crippen molar-refractivity contribution in [1.82, 2.24) is 14.7 Å². The molecule has 0 radical (unpaired) electrons. The number of imidazole rings is 1. The van der Waals surface area contributed by atoms with Gasteiger partial charge in [0.15, 0.2) is 0 Å². The first-order valence-electron chi connectivity index (χ1n) is 8.69.